The van der Waals surface area contributed by atoms with E-state index in [9.17, 15) is 27.3 Å². The lowest BCUT2D eigenvalue weighted by Gasteiger charge is -2.24. The Morgan fingerprint density at radius 2 is 2.00 bits per heavy atom. The molecule has 1 saturated heterocycles. The third kappa shape index (κ3) is 5.35. The van der Waals surface area contributed by atoms with Gasteiger partial charge in [-0.1, -0.05) is 6.07 Å². The molecule has 0 unspecified atom stereocenters. The van der Waals surface area contributed by atoms with Crippen LogP contribution in [0, 0.1) is 18.3 Å². The summed E-state index contributed by atoms with van der Waals surface area (Å²) in [6, 6.07) is 9.13. The number of carbonyl (C=O) groups is 1. The van der Waals surface area contributed by atoms with Crippen LogP contribution in [0.4, 0.5) is 20.3 Å². The molecule has 1 aliphatic rings. The van der Waals surface area contributed by atoms with Gasteiger partial charge in [0.05, 0.1) is 21.7 Å². The fourth-order valence-corrected chi connectivity index (χ4v) is 4.06. The van der Waals surface area contributed by atoms with Crippen molar-refractivity contribution in [1.29, 1.82) is 5.26 Å². The second-order valence-electron chi connectivity index (χ2n) is 7.55. The van der Waals surface area contributed by atoms with E-state index in [1.165, 1.54) is 30.3 Å². The number of pyridine rings is 1. The standard InChI is InChI=1S/C21H22F2N4O3S/c1-14-15(13-24)11-18(19(25-14)27-9-4-7-21(22,23)8-10-27)20(28)26-16-5-3-6-17(12-16)31(2,29)30/h3,5-6,11-12H,4,7-10H2,1-2H3,(H,26,28). The minimum Gasteiger partial charge on any atom is -0.356 e. The lowest BCUT2D eigenvalue weighted by Crippen LogP contribution is -2.29. The number of nitrogens with one attached hydrogen (secondary N) is 1. The minimum atomic E-state index is -3.47. The minimum absolute atomic E-state index is 0.0230. The normalized spacial score (nSPS) is 16.3. The van der Waals surface area contributed by atoms with Crippen LogP contribution in [0.25, 0.3) is 0 Å². The molecule has 164 valence electrons. The molecule has 10 heteroatoms. The summed E-state index contributed by atoms with van der Waals surface area (Å²) in [5, 5.41) is 12.0. The van der Waals surface area contributed by atoms with Gasteiger partial charge in [0.1, 0.15) is 11.9 Å². The molecule has 1 amide bonds. The Hall–Kier alpha value is -3.06. The summed E-state index contributed by atoms with van der Waals surface area (Å²) in [5.41, 5.74) is 0.903. The SMILES string of the molecule is Cc1nc(N2CCCC(F)(F)CC2)c(C(=O)Nc2cccc(S(C)(=O)=O)c2)cc1C#N. The Balaban J connectivity index is 1.98. The first-order valence-electron chi connectivity index (χ1n) is 9.66. The van der Waals surface area contributed by atoms with E-state index in [-0.39, 0.29) is 53.3 Å². The summed E-state index contributed by atoms with van der Waals surface area (Å²) in [4.78, 5) is 19.1. The van der Waals surface area contributed by atoms with Gasteiger partial charge in [0, 0.05) is 37.9 Å². The molecule has 3 rings (SSSR count). The fraction of sp³-hybridized carbons (Fsp3) is 0.381. The number of halogens is 2. The molecule has 0 aliphatic carbocycles. The summed E-state index contributed by atoms with van der Waals surface area (Å²) < 4.78 is 51.2. The van der Waals surface area contributed by atoms with Gasteiger partial charge in [-0.2, -0.15) is 5.26 Å². The topological polar surface area (TPSA) is 103 Å². The van der Waals surface area contributed by atoms with E-state index in [1.54, 1.807) is 11.8 Å². The number of hydrogen-bond acceptors (Lipinski definition) is 6. The Morgan fingerprint density at radius 1 is 1.26 bits per heavy atom. The maximum Gasteiger partial charge on any atom is 0.259 e. The lowest BCUT2D eigenvalue weighted by molar-refractivity contribution is -0.0102. The van der Waals surface area contributed by atoms with Crippen molar-refractivity contribution in [3.63, 3.8) is 0 Å². The number of anilines is 2. The number of aromatic nitrogens is 1. The second-order valence-corrected chi connectivity index (χ2v) is 9.57. The number of hydrogen-bond donors (Lipinski definition) is 1. The van der Waals surface area contributed by atoms with E-state index < -0.39 is 21.7 Å². The molecular formula is C21H22F2N4O3S. The molecule has 0 spiro atoms. The highest BCUT2D eigenvalue weighted by molar-refractivity contribution is 7.90. The smallest absolute Gasteiger partial charge is 0.259 e. The molecule has 0 atom stereocenters. The molecule has 1 fully saturated rings. The Bertz CT molecular complexity index is 1160. The summed E-state index contributed by atoms with van der Waals surface area (Å²) in [7, 11) is -3.47. The average molecular weight is 448 g/mol. The van der Waals surface area contributed by atoms with Crippen molar-refractivity contribution in [2.75, 3.05) is 29.6 Å². The summed E-state index contributed by atoms with van der Waals surface area (Å²) in [5.74, 6) is -3.16. The monoisotopic (exact) mass is 448 g/mol. The Kier molecular flexibility index (Phi) is 6.27. The van der Waals surface area contributed by atoms with Gasteiger partial charge in [-0.25, -0.2) is 22.2 Å². The highest BCUT2D eigenvalue weighted by atomic mass is 32.2. The van der Waals surface area contributed by atoms with E-state index in [0.29, 0.717) is 12.2 Å². The van der Waals surface area contributed by atoms with Crippen molar-refractivity contribution in [3.8, 4) is 6.07 Å². The Morgan fingerprint density at radius 3 is 2.68 bits per heavy atom. The van der Waals surface area contributed by atoms with Crippen LogP contribution in [0.1, 0.15) is 40.9 Å². The van der Waals surface area contributed by atoms with Gasteiger partial charge < -0.3 is 10.2 Å². The van der Waals surface area contributed by atoms with E-state index >= 15 is 0 Å². The maximum atomic E-state index is 13.8. The molecule has 1 aromatic heterocycles. The van der Waals surface area contributed by atoms with Crippen molar-refractivity contribution >= 4 is 27.2 Å². The summed E-state index contributed by atoms with van der Waals surface area (Å²) in [6.45, 7) is 1.94. The largest absolute Gasteiger partial charge is 0.356 e. The third-order valence-corrected chi connectivity index (χ3v) is 6.21. The van der Waals surface area contributed by atoms with Gasteiger partial charge in [-0.05, 0) is 37.6 Å². The molecule has 1 aliphatic heterocycles. The van der Waals surface area contributed by atoms with Crippen molar-refractivity contribution in [2.24, 2.45) is 0 Å². The van der Waals surface area contributed by atoms with Gasteiger partial charge in [0.15, 0.2) is 9.84 Å². The van der Waals surface area contributed by atoms with Crippen LogP contribution in [0.2, 0.25) is 0 Å². The number of amides is 1. The molecule has 0 bridgehead atoms. The predicted octanol–water partition coefficient (Wildman–Crippen LogP) is 3.54. The number of rotatable bonds is 4. The van der Waals surface area contributed by atoms with Crippen molar-refractivity contribution in [2.45, 2.75) is 37.0 Å². The molecule has 1 aromatic carbocycles. The first kappa shape index (κ1) is 22.6. The molecule has 7 nitrogen and oxygen atoms in total. The van der Waals surface area contributed by atoms with Gasteiger partial charge in [0.25, 0.3) is 5.91 Å². The van der Waals surface area contributed by atoms with Gasteiger partial charge in [0.2, 0.25) is 5.92 Å². The van der Waals surface area contributed by atoms with Crippen LogP contribution >= 0.6 is 0 Å². The Labute approximate surface area is 179 Å². The fourth-order valence-electron chi connectivity index (χ4n) is 3.39. The molecule has 2 heterocycles. The van der Waals surface area contributed by atoms with E-state index in [1.807, 2.05) is 6.07 Å². The number of aryl methyl sites for hydroxylation is 1. The van der Waals surface area contributed by atoms with E-state index in [2.05, 4.69) is 10.3 Å². The molecule has 1 N–H and O–H groups in total. The zero-order valence-electron chi connectivity index (χ0n) is 17.2. The number of nitriles is 1. The summed E-state index contributed by atoms with van der Waals surface area (Å²) in [6.07, 6.45) is 0.708. The number of benzene rings is 1. The molecule has 0 radical (unpaired) electrons. The quantitative estimate of drug-likeness (QED) is 0.767. The van der Waals surface area contributed by atoms with Gasteiger partial charge in [-0.15, -0.1) is 0 Å². The number of carbonyl (C=O) groups excluding carboxylic acids is 1. The van der Waals surface area contributed by atoms with Crippen LogP contribution in [0.3, 0.4) is 0 Å². The lowest BCUT2D eigenvalue weighted by atomic mass is 10.1. The number of sulfone groups is 1. The van der Waals surface area contributed by atoms with Gasteiger partial charge >= 0.3 is 0 Å². The van der Waals surface area contributed by atoms with E-state index in [4.69, 9.17) is 0 Å². The van der Waals surface area contributed by atoms with E-state index in [0.717, 1.165) is 6.26 Å². The van der Waals surface area contributed by atoms with Crippen LogP contribution in [0.5, 0.6) is 0 Å². The predicted molar refractivity (Wildman–Crippen MR) is 112 cm³/mol. The highest BCUT2D eigenvalue weighted by Gasteiger charge is 2.33. The van der Waals surface area contributed by atoms with Crippen LogP contribution < -0.4 is 10.2 Å². The summed E-state index contributed by atoms with van der Waals surface area (Å²) >= 11 is 0. The van der Waals surface area contributed by atoms with Crippen LogP contribution in [-0.4, -0.2) is 44.6 Å². The number of alkyl halides is 2. The molecule has 31 heavy (non-hydrogen) atoms. The van der Waals surface area contributed by atoms with Crippen molar-refractivity contribution < 1.29 is 22.0 Å². The first-order valence-corrected chi connectivity index (χ1v) is 11.6. The zero-order chi connectivity index (χ0) is 22.8. The molecule has 0 saturated carbocycles. The van der Waals surface area contributed by atoms with Crippen LogP contribution in [0.15, 0.2) is 35.2 Å². The zero-order valence-corrected chi connectivity index (χ0v) is 18.0. The van der Waals surface area contributed by atoms with Crippen LogP contribution in [-0.2, 0) is 9.84 Å². The maximum absolute atomic E-state index is 13.8. The third-order valence-electron chi connectivity index (χ3n) is 5.10. The second kappa shape index (κ2) is 8.59. The van der Waals surface area contributed by atoms with Gasteiger partial charge in [-0.3, -0.25) is 4.79 Å². The molecular weight excluding hydrogens is 426 g/mol. The molecule has 2 aromatic rings. The van der Waals surface area contributed by atoms with Crippen molar-refractivity contribution in [3.05, 3.63) is 47.2 Å². The first-order chi connectivity index (χ1) is 14.5. The highest BCUT2D eigenvalue weighted by Crippen LogP contribution is 2.31. The van der Waals surface area contributed by atoms with Crippen molar-refractivity contribution in [1.82, 2.24) is 4.98 Å². The number of nitrogens with zero attached hydrogens (tertiary/aromatic N) is 3. The average Bonchev–Trinajstić information content (AvgIpc) is 2.87.